The Morgan fingerprint density at radius 1 is 1.19 bits per heavy atom. The van der Waals surface area contributed by atoms with Crippen LogP contribution in [0.15, 0.2) is 12.1 Å². The van der Waals surface area contributed by atoms with Crippen LogP contribution in [-0.2, 0) is 6.42 Å². The van der Waals surface area contributed by atoms with E-state index in [1.54, 1.807) is 0 Å². The monoisotopic (exact) mass is 309 g/mol. The van der Waals surface area contributed by atoms with E-state index in [1.807, 2.05) is 0 Å². The molecule has 1 N–H and O–H groups in total. The number of ether oxygens (including phenoxy) is 1. The number of rotatable bonds is 8. The van der Waals surface area contributed by atoms with Crippen molar-refractivity contribution in [2.45, 2.75) is 58.9 Å². The highest BCUT2D eigenvalue weighted by Crippen LogP contribution is 2.40. The molecule has 1 aliphatic heterocycles. The predicted molar refractivity (Wildman–Crippen MR) is 90.4 cm³/mol. The highest BCUT2D eigenvalue weighted by Gasteiger charge is 2.28. The van der Waals surface area contributed by atoms with E-state index in [4.69, 9.17) is 16.3 Å². The fourth-order valence-electron chi connectivity index (χ4n) is 3.50. The lowest BCUT2D eigenvalue weighted by Gasteiger charge is -2.29. The Balaban J connectivity index is 2.37. The zero-order valence-electron chi connectivity index (χ0n) is 13.5. The van der Waals surface area contributed by atoms with Gasteiger partial charge in [-0.1, -0.05) is 45.2 Å². The van der Waals surface area contributed by atoms with E-state index in [2.05, 4.69) is 38.2 Å². The first-order valence-electron chi connectivity index (χ1n) is 8.39. The van der Waals surface area contributed by atoms with Gasteiger partial charge in [-0.15, -0.1) is 0 Å². The Morgan fingerprint density at radius 2 is 1.90 bits per heavy atom. The quantitative estimate of drug-likeness (QED) is 0.717. The summed E-state index contributed by atoms with van der Waals surface area (Å²) in [5, 5.41) is 4.52. The molecule has 118 valence electrons. The summed E-state index contributed by atoms with van der Waals surface area (Å²) in [5.41, 5.74) is 2.54. The number of hydrogen-bond acceptors (Lipinski definition) is 2. The Bertz CT molecular complexity index is 455. The molecule has 0 saturated heterocycles. The Labute approximate surface area is 134 Å². The normalized spacial score (nSPS) is 15.1. The van der Waals surface area contributed by atoms with Crippen LogP contribution in [-0.4, -0.2) is 13.2 Å². The standard InChI is InChI=1S/C18H28ClNO/c1-4-7-13(8-5-2)17(20-6-3)16-12-15(19)11-14-9-10-21-18(14)16/h11-13,17,20H,4-10H2,1-3H3. The summed E-state index contributed by atoms with van der Waals surface area (Å²) in [7, 11) is 0. The zero-order valence-corrected chi connectivity index (χ0v) is 14.3. The summed E-state index contributed by atoms with van der Waals surface area (Å²) in [4.78, 5) is 0. The fourth-order valence-corrected chi connectivity index (χ4v) is 3.75. The number of fused-ring (bicyclic) bond motifs is 1. The molecule has 0 bridgehead atoms. The minimum absolute atomic E-state index is 0.348. The van der Waals surface area contributed by atoms with Crippen molar-refractivity contribution in [1.29, 1.82) is 0 Å². The third-order valence-electron chi connectivity index (χ3n) is 4.33. The topological polar surface area (TPSA) is 21.3 Å². The van der Waals surface area contributed by atoms with E-state index < -0.39 is 0 Å². The second-order valence-corrected chi connectivity index (χ2v) is 6.39. The van der Waals surface area contributed by atoms with E-state index in [0.717, 1.165) is 30.3 Å². The molecule has 2 nitrogen and oxygen atoms in total. The number of benzene rings is 1. The van der Waals surface area contributed by atoms with E-state index in [1.165, 1.54) is 36.8 Å². The largest absolute Gasteiger partial charge is 0.493 e. The van der Waals surface area contributed by atoms with Crippen LogP contribution < -0.4 is 10.1 Å². The van der Waals surface area contributed by atoms with Gasteiger partial charge in [-0.2, -0.15) is 0 Å². The second kappa shape index (κ2) is 8.05. The molecular formula is C18H28ClNO. The van der Waals surface area contributed by atoms with Gasteiger partial charge in [0.25, 0.3) is 0 Å². The van der Waals surface area contributed by atoms with Gasteiger partial charge in [0.05, 0.1) is 6.61 Å². The van der Waals surface area contributed by atoms with Gasteiger partial charge in [0.15, 0.2) is 0 Å². The smallest absolute Gasteiger partial charge is 0.127 e. The molecule has 0 fully saturated rings. The predicted octanol–water partition coefficient (Wildman–Crippen LogP) is 5.14. The van der Waals surface area contributed by atoms with Crippen molar-refractivity contribution in [1.82, 2.24) is 5.32 Å². The molecule has 0 radical (unpaired) electrons. The van der Waals surface area contributed by atoms with Gasteiger partial charge < -0.3 is 10.1 Å². The number of hydrogen-bond donors (Lipinski definition) is 1. The molecule has 0 aliphatic carbocycles. The van der Waals surface area contributed by atoms with Gasteiger partial charge in [-0.05, 0) is 43.0 Å². The summed E-state index contributed by atoms with van der Waals surface area (Å²) in [6, 6.07) is 4.52. The first-order chi connectivity index (χ1) is 10.2. The van der Waals surface area contributed by atoms with E-state index in [-0.39, 0.29) is 0 Å². The average molecular weight is 310 g/mol. The van der Waals surface area contributed by atoms with Crippen molar-refractivity contribution in [3.63, 3.8) is 0 Å². The van der Waals surface area contributed by atoms with Crippen LogP contribution in [0.2, 0.25) is 5.02 Å². The Morgan fingerprint density at radius 3 is 2.52 bits per heavy atom. The van der Waals surface area contributed by atoms with Crippen LogP contribution in [0.1, 0.15) is 63.6 Å². The van der Waals surface area contributed by atoms with Crippen molar-refractivity contribution >= 4 is 11.6 Å². The number of nitrogens with one attached hydrogen (secondary N) is 1. The lowest BCUT2D eigenvalue weighted by molar-refractivity contribution is 0.302. The van der Waals surface area contributed by atoms with Crippen molar-refractivity contribution in [3.8, 4) is 5.75 Å². The van der Waals surface area contributed by atoms with Crippen LogP contribution in [0.3, 0.4) is 0 Å². The molecule has 1 aromatic rings. The van der Waals surface area contributed by atoms with Crippen LogP contribution in [0.4, 0.5) is 0 Å². The summed E-state index contributed by atoms with van der Waals surface area (Å²) in [6.45, 7) is 8.46. The molecule has 1 heterocycles. The van der Waals surface area contributed by atoms with Crippen LogP contribution in [0.5, 0.6) is 5.75 Å². The summed E-state index contributed by atoms with van der Waals surface area (Å²) < 4.78 is 5.92. The van der Waals surface area contributed by atoms with E-state index in [9.17, 15) is 0 Å². The molecule has 1 aromatic carbocycles. The fraction of sp³-hybridized carbons (Fsp3) is 0.667. The van der Waals surface area contributed by atoms with Gasteiger partial charge >= 0.3 is 0 Å². The highest BCUT2D eigenvalue weighted by molar-refractivity contribution is 6.30. The first-order valence-corrected chi connectivity index (χ1v) is 8.77. The van der Waals surface area contributed by atoms with E-state index in [0.29, 0.717) is 12.0 Å². The van der Waals surface area contributed by atoms with Gasteiger partial charge in [-0.3, -0.25) is 0 Å². The minimum Gasteiger partial charge on any atom is -0.493 e. The molecular weight excluding hydrogens is 282 g/mol. The van der Waals surface area contributed by atoms with Crippen LogP contribution >= 0.6 is 11.6 Å². The van der Waals surface area contributed by atoms with Crippen LogP contribution in [0.25, 0.3) is 0 Å². The summed E-state index contributed by atoms with van der Waals surface area (Å²) in [5.74, 6) is 1.73. The third-order valence-corrected chi connectivity index (χ3v) is 4.54. The summed E-state index contributed by atoms with van der Waals surface area (Å²) >= 11 is 6.35. The molecule has 1 atom stereocenters. The maximum absolute atomic E-state index is 6.35. The maximum Gasteiger partial charge on any atom is 0.127 e. The van der Waals surface area contributed by atoms with Gasteiger partial charge in [-0.25, -0.2) is 0 Å². The van der Waals surface area contributed by atoms with Crippen molar-refractivity contribution in [2.24, 2.45) is 5.92 Å². The van der Waals surface area contributed by atoms with Crippen LogP contribution in [0, 0.1) is 5.92 Å². The SMILES string of the molecule is CCCC(CCC)C(NCC)c1cc(Cl)cc2c1OCC2. The average Bonchev–Trinajstić information content (AvgIpc) is 2.92. The van der Waals surface area contributed by atoms with Crippen molar-refractivity contribution in [3.05, 3.63) is 28.3 Å². The van der Waals surface area contributed by atoms with Crippen molar-refractivity contribution < 1.29 is 4.74 Å². The molecule has 0 saturated carbocycles. The Kier molecular flexibility index (Phi) is 6.38. The van der Waals surface area contributed by atoms with Gasteiger partial charge in [0.1, 0.15) is 5.75 Å². The molecule has 0 spiro atoms. The van der Waals surface area contributed by atoms with E-state index >= 15 is 0 Å². The second-order valence-electron chi connectivity index (χ2n) is 5.95. The molecule has 0 amide bonds. The van der Waals surface area contributed by atoms with Gasteiger partial charge in [0.2, 0.25) is 0 Å². The summed E-state index contributed by atoms with van der Waals surface area (Å²) in [6.07, 6.45) is 5.90. The van der Waals surface area contributed by atoms with Gasteiger partial charge in [0, 0.05) is 23.0 Å². The molecule has 2 rings (SSSR count). The molecule has 1 aliphatic rings. The lowest BCUT2D eigenvalue weighted by Crippen LogP contribution is -2.28. The highest BCUT2D eigenvalue weighted by atomic mass is 35.5. The number of halogens is 1. The molecule has 1 unspecified atom stereocenters. The lowest BCUT2D eigenvalue weighted by atomic mass is 9.85. The molecule has 3 heteroatoms. The Hall–Kier alpha value is -0.730. The third kappa shape index (κ3) is 3.92. The molecule has 0 aromatic heterocycles. The molecule has 21 heavy (non-hydrogen) atoms. The maximum atomic E-state index is 6.35. The zero-order chi connectivity index (χ0) is 15.2. The minimum atomic E-state index is 0.348. The first kappa shape index (κ1) is 16.6. The van der Waals surface area contributed by atoms with Crippen molar-refractivity contribution in [2.75, 3.05) is 13.2 Å².